The maximum atomic E-state index is 5.46. The van der Waals surface area contributed by atoms with Crippen molar-refractivity contribution in [2.75, 3.05) is 19.9 Å². The van der Waals surface area contributed by atoms with Crippen molar-refractivity contribution in [3.63, 3.8) is 0 Å². The molecule has 1 aromatic carbocycles. The minimum absolute atomic E-state index is 0.342. The Hall–Kier alpha value is -1.26. The summed E-state index contributed by atoms with van der Waals surface area (Å²) in [7, 11) is 0. The molecule has 0 radical (unpaired) electrons. The monoisotopic (exact) mass is 290 g/mol. The van der Waals surface area contributed by atoms with Gasteiger partial charge >= 0.3 is 0 Å². The summed E-state index contributed by atoms with van der Waals surface area (Å²) in [6.07, 6.45) is 2.46. The van der Waals surface area contributed by atoms with Crippen LogP contribution in [-0.2, 0) is 0 Å². The van der Waals surface area contributed by atoms with Gasteiger partial charge in [0.1, 0.15) is 0 Å². The lowest BCUT2D eigenvalue weighted by atomic mass is 10.0. The van der Waals surface area contributed by atoms with Crippen molar-refractivity contribution < 1.29 is 9.47 Å². The number of ether oxygens (including phenoxy) is 2. The molecule has 2 heterocycles. The summed E-state index contributed by atoms with van der Waals surface area (Å²) < 4.78 is 10.8. The van der Waals surface area contributed by atoms with Gasteiger partial charge < -0.3 is 19.7 Å². The molecule has 2 aliphatic rings. The average Bonchev–Trinajstić information content (AvgIpc) is 2.95. The van der Waals surface area contributed by atoms with Crippen molar-refractivity contribution in [1.29, 1.82) is 0 Å². The van der Waals surface area contributed by atoms with E-state index in [0.717, 1.165) is 11.5 Å². The molecule has 0 saturated carbocycles. The molecule has 2 aliphatic heterocycles. The Morgan fingerprint density at radius 3 is 2.52 bits per heavy atom. The Morgan fingerprint density at radius 1 is 1.10 bits per heavy atom. The number of fused-ring (bicyclic) bond motifs is 1. The van der Waals surface area contributed by atoms with Gasteiger partial charge in [0, 0.05) is 18.1 Å². The average molecular weight is 290 g/mol. The van der Waals surface area contributed by atoms with Gasteiger partial charge in [-0.2, -0.15) is 0 Å². The third-order valence-electron chi connectivity index (χ3n) is 4.64. The van der Waals surface area contributed by atoms with Crippen LogP contribution < -0.4 is 14.8 Å². The lowest BCUT2D eigenvalue weighted by Crippen LogP contribution is -2.45. The summed E-state index contributed by atoms with van der Waals surface area (Å²) >= 11 is 0. The predicted octanol–water partition coefficient (Wildman–Crippen LogP) is 2.94. The number of likely N-dealkylation sites (tertiary alicyclic amines) is 1. The zero-order valence-electron chi connectivity index (χ0n) is 13.3. The lowest BCUT2D eigenvalue weighted by Gasteiger charge is -2.36. The highest BCUT2D eigenvalue weighted by atomic mass is 16.7. The molecule has 21 heavy (non-hydrogen) atoms. The van der Waals surface area contributed by atoms with Crippen LogP contribution in [0, 0.1) is 0 Å². The van der Waals surface area contributed by atoms with E-state index in [4.69, 9.17) is 9.47 Å². The molecule has 1 fully saturated rings. The smallest absolute Gasteiger partial charge is 0.231 e. The summed E-state index contributed by atoms with van der Waals surface area (Å²) in [5.74, 6) is 1.73. The zero-order valence-corrected chi connectivity index (χ0v) is 13.3. The predicted molar refractivity (Wildman–Crippen MR) is 83.8 cm³/mol. The van der Waals surface area contributed by atoms with E-state index in [-0.39, 0.29) is 0 Å². The quantitative estimate of drug-likeness (QED) is 0.924. The summed E-state index contributed by atoms with van der Waals surface area (Å²) in [6.45, 7) is 9.53. The van der Waals surface area contributed by atoms with Crippen LogP contribution in [0.25, 0.3) is 0 Å². The SMILES string of the molecule is CC(NC1CCN(C(C)C)CC1)c1ccc2c(c1)OCO2. The number of hydrogen-bond acceptors (Lipinski definition) is 4. The number of nitrogens with one attached hydrogen (secondary N) is 1. The van der Waals surface area contributed by atoms with Crippen LogP contribution in [-0.4, -0.2) is 36.9 Å². The van der Waals surface area contributed by atoms with Gasteiger partial charge in [0.2, 0.25) is 6.79 Å². The molecule has 1 aromatic rings. The van der Waals surface area contributed by atoms with Gasteiger partial charge in [-0.25, -0.2) is 0 Å². The molecule has 116 valence electrons. The second-order valence-corrected chi connectivity index (χ2v) is 6.41. The van der Waals surface area contributed by atoms with Gasteiger partial charge in [-0.1, -0.05) is 6.07 Å². The van der Waals surface area contributed by atoms with Gasteiger partial charge in [0.05, 0.1) is 0 Å². The van der Waals surface area contributed by atoms with E-state index in [1.807, 2.05) is 6.07 Å². The first-order chi connectivity index (χ1) is 10.1. The van der Waals surface area contributed by atoms with Crippen molar-refractivity contribution in [3.8, 4) is 11.5 Å². The molecule has 4 heteroatoms. The molecule has 1 saturated heterocycles. The maximum absolute atomic E-state index is 5.46. The third kappa shape index (κ3) is 3.33. The van der Waals surface area contributed by atoms with Gasteiger partial charge in [0.25, 0.3) is 0 Å². The van der Waals surface area contributed by atoms with E-state index in [1.165, 1.54) is 31.5 Å². The fourth-order valence-electron chi connectivity index (χ4n) is 3.21. The molecular formula is C17H26N2O2. The van der Waals surface area contributed by atoms with Gasteiger partial charge in [-0.3, -0.25) is 0 Å². The molecule has 4 nitrogen and oxygen atoms in total. The zero-order chi connectivity index (χ0) is 14.8. The summed E-state index contributed by atoms with van der Waals surface area (Å²) in [5, 5.41) is 3.76. The fraction of sp³-hybridized carbons (Fsp3) is 0.647. The van der Waals surface area contributed by atoms with Crippen molar-refractivity contribution in [2.45, 2.75) is 51.7 Å². The van der Waals surface area contributed by atoms with Crippen LogP contribution in [0.2, 0.25) is 0 Å². The Morgan fingerprint density at radius 2 is 1.81 bits per heavy atom. The van der Waals surface area contributed by atoms with Crippen LogP contribution >= 0.6 is 0 Å². The van der Waals surface area contributed by atoms with Crippen LogP contribution in [0.4, 0.5) is 0 Å². The maximum Gasteiger partial charge on any atom is 0.231 e. The molecule has 0 bridgehead atoms. The molecule has 0 aliphatic carbocycles. The van der Waals surface area contributed by atoms with E-state index in [0.29, 0.717) is 24.9 Å². The van der Waals surface area contributed by atoms with E-state index < -0.39 is 0 Å². The van der Waals surface area contributed by atoms with Gasteiger partial charge in [-0.05, 0) is 64.4 Å². The summed E-state index contributed by atoms with van der Waals surface area (Å²) in [4.78, 5) is 2.56. The normalized spacial score (nSPS) is 21.0. The molecule has 1 atom stereocenters. The van der Waals surface area contributed by atoms with Gasteiger partial charge in [0.15, 0.2) is 11.5 Å². The topological polar surface area (TPSA) is 33.7 Å². The first kappa shape index (κ1) is 14.7. The van der Waals surface area contributed by atoms with E-state index in [1.54, 1.807) is 0 Å². The van der Waals surface area contributed by atoms with Crippen LogP contribution in [0.3, 0.4) is 0 Å². The van der Waals surface area contributed by atoms with Gasteiger partial charge in [-0.15, -0.1) is 0 Å². The molecule has 0 spiro atoms. The number of piperidine rings is 1. The van der Waals surface area contributed by atoms with Crippen molar-refractivity contribution >= 4 is 0 Å². The molecule has 1 unspecified atom stereocenters. The van der Waals surface area contributed by atoms with Crippen LogP contribution in [0.1, 0.15) is 45.2 Å². The second-order valence-electron chi connectivity index (χ2n) is 6.41. The van der Waals surface area contributed by atoms with E-state index in [9.17, 15) is 0 Å². The van der Waals surface area contributed by atoms with Crippen molar-refractivity contribution in [1.82, 2.24) is 10.2 Å². The summed E-state index contributed by atoms with van der Waals surface area (Å²) in [5.41, 5.74) is 1.27. The molecular weight excluding hydrogens is 264 g/mol. The summed E-state index contributed by atoms with van der Waals surface area (Å²) in [6, 6.07) is 7.86. The number of hydrogen-bond donors (Lipinski definition) is 1. The first-order valence-corrected chi connectivity index (χ1v) is 8.03. The number of benzene rings is 1. The molecule has 1 N–H and O–H groups in total. The van der Waals surface area contributed by atoms with E-state index in [2.05, 4.69) is 43.1 Å². The fourth-order valence-corrected chi connectivity index (χ4v) is 3.21. The van der Waals surface area contributed by atoms with Crippen molar-refractivity contribution in [3.05, 3.63) is 23.8 Å². The minimum atomic E-state index is 0.342. The highest BCUT2D eigenvalue weighted by molar-refractivity contribution is 5.45. The third-order valence-corrected chi connectivity index (χ3v) is 4.64. The first-order valence-electron chi connectivity index (χ1n) is 8.03. The standard InChI is InChI=1S/C17H26N2O2/c1-12(2)19-8-6-15(7-9-19)18-13(3)14-4-5-16-17(10-14)21-11-20-16/h4-5,10,12-13,15,18H,6-9,11H2,1-3H3. The minimum Gasteiger partial charge on any atom is -0.454 e. The lowest BCUT2D eigenvalue weighted by molar-refractivity contribution is 0.157. The molecule has 0 aromatic heterocycles. The van der Waals surface area contributed by atoms with Crippen molar-refractivity contribution in [2.24, 2.45) is 0 Å². The largest absolute Gasteiger partial charge is 0.454 e. The second kappa shape index (κ2) is 6.24. The highest BCUT2D eigenvalue weighted by Crippen LogP contribution is 2.34. The molecule has 3 rings (SSSR count). The Kier molecular flexibility index (Phi) is 4.36. The Labute approximate surface area is 127 Å². The molecule has 0 amide bonds. The number of rotatable bonds is 4. The Bertz CT molecular complexity index is 482. The van der Waals surface area contributed by atoms with E-state index >= 15 is 0 Å². The Balaban J connectivity index is 1.56. The number of nitrogens with zero attached hydrogens (tertiary/aromatic N) is 1. The van der Waals surface area contributed by atoms with Crippen LogP contribution in [0.15, 0.2) is 18.2 Å². The van der Waals surface area contributed by atoms with Crippen LogP contribution in [0.5, 0.6) is 11.5 Å². The highest BCUT2D eigenvalue weighted by Gasteiger charge is 2.23.